The zero-order valence-electron chi connectivity index (χ0n) is 16.1. The second kappa shape index (κ2) is 12.7. The number of guanidine groups is 1. The molecule has 1 fully saturated rings. The number of primary amides is 1. The predicted molar refractivity (Wildman–Crippen MR) is 118 cm³/mol. The highest BCUT2D eigenvalue weighted by atomic mass is 127. The van der Waals surface area contributed by atoms with Gasteiger partial charge in [-0.3, -0.25) is 9.79 Å². The molecule has 0 spiro atoms. The fraction of sp³-hybridized carbons (Fsp3) is 0.611. The van der Waals surface area contributed by atoms with E-state index in [1.54, 1.807) is 13.2 Å². The highest BCUT2D eigenvalue weighted by Gasteiger charge is 2.25. The Morgan fingerprint density at radius 3 is 3.00 bits per heavy atom. The number of aliphatic imine (C=N–C) groups is 1. The lowest BCUT2D eigenvalue weighted by molar-refractivity contribution is -0.122. The molecule has 1 aliphatic rings. The average molecular weight is 490 g/mol. The summed E-state index contributed by atoms with van der Waals surface area (Å²) in [5.41, 5.74) is 6.56. The molecule has 1 saturated heterocycles. The van der Waals surface area contributed by atoms with Gasteiger partial charge in [-0.15, -0.1) is 24.0 Å². The number of nitrogens with one attached hydrogen (secondary N) is 2. The Hall–Kier alpha value is -1.62. The molecular weight excluding hydrogens is 459 g/mol. The van der Waals surface area contributed by atoms with Crippen molar-refractivity contribution in [2.75, 3.05) is 44.8 Å². The van der Waals surface area contributed by atoms with Gasteiger partial charge in [-0.1, -0.05) is 6.07 Å². The number of pyridine rings is 1. The van der Waals surface area contributed by atoms with E-state index in [1.165, 1.54) is 0 Å². The van der Waals surface area contributed by atoms with E-state index in [0.717, 1.165) is 30.8 Å². The number of hydrogen-bond donors (Lipinski definition) is 3. The van der Waals surface area contributed by atoms with Gasteiger partial charge in [0.15, 0.2) is 5.96 Å². The number of piperidine rings is 1. The predicted octanol–water partition coefficient (Wildman–Crippen LogP) is 1.10. The maximum Gasteiger partial charge on any atom is 0.222 e. The number of hydrogen-bond acceptors (Lipinski definition) is 5. The van der Waals surface area contributed by atoms with Crippen molar-refractivity contribution >= 4 is 41.7 Å². The van der Waals surface area contributed by atoms with Crippen molar-refractivity contribution in [3.63, 3.8) is 0 Å². The Bertz CT molecular complexity index is 613. The van der Waals surface area contributed by atoms with Crippen LogP contribution in [0.25, 0.3) is 0 Å². The molecule has 0 aliphatic carbocycles. The average Bonchev–Trinajstić information content (AvgIpc) is 2.68. The van der Waals surface area contributed by atoms with Gasteiger partial charge < -0.3 is 26.0 Å². The number of ether oxygens (including phenoxy) is 1. The van der Waals surface area contributed by atoms with Crippen LogP contribution in [-0.2, 0) is 16.1 Å². The lowest BCUT2D eigenvalue weighted by Gasteiger charge is -2.33. The molecule has 1 atom stereocenters. The second-order valence-electron chi connectivity index (χ2n) is 6.22. The smallest absolute Gasteiger partial charge is 0.222 e. The lowest BCUT2D eigenvalue weighted by atomic mass is 9.97. The fourth-order valence-electron chi connectivity index (χ4n) is 3.04. The third-order valence-electron chi connectivity index (χ3n) is 4.40. The SMILES string of the molecule is CCOCCNC(=NC)NCc1cccnc1N1CCCC(C(N)=O)C1.I. The summed E-state index contributed by atoms with van der Waals surface area (Å²) >= 11 is 0. The number of amides is 1. The largest absolute Gasteiger partial charge is 0.380 e. The molecule has 0 radical (unpaired) electrons. The molecular formula is C18H31IN6O2. The summed E-state index contributed by atoms with van der Waals surface area (Å²) in [6.07, 6.45) is 3.57. The van der Waals surface area contributed by atoms with Gasteiger partial charge >= 0.3 is 0 Å². The van der Waals surface area contributed by atoms with Crippen molar-refractivity contribution in [1.29, 1.82) is 0 Å². The summed E-state index contributed by atoms with van der Waals surface area (Å²) in [4.78, 5) is 22.5. The summed E-state index contributed by atoms with van der Waals surface area (Å²) < 4.78 is 5.32. The quantitative estimate of drug-likeness (QED) is 0.218. The number of anilines is 1. The maximum atomic E-state index is 11.5. The number of carbonyl (C=O) groups is 1. The Morgan fingerprint density at radius 1 is 1.48 bits per heavy atom. The molecule has 1 amide bonds. The monoisotopic (exact) mass is 490 g/mol. The molecule has 2 heterocycles. The first-order valence-electron chi connectivity index (χ1n) is 9.16. The molecule has 27 heavy (non-hydrogen) atoms. The number of rotatable bonds is 8. The molecule has 0 saturated carbocycles. The summed E-state index contributed by atoms with van der Waals surface area (Å²) in [5.74, 6) is 1.27. The van der Waals surface area contributed by atoms with E-state index in [1.807, 2.05) is 19.1 Å². The molecule has 0 aromatic carbocycles. The van der Waals surface area contributed by atoms with Crippen LogP contribution in [0.1, 0.15) is 25.3 Å². The van der Waals surface area contributed by atoms with Crippen LogP contribution in [0.4, 0.5) is 5.82 Å². The normalized spacial score (nSPS) is 17.2. The van der Waals surface area contributed by atoms with Crippen molar-refractivity contribution < 1.29 is 9.53 Å². The van der Waals surface area contributed by atoms with Crippen molar-refractivity contribution in [2.45, 2.75) is 26.3 Å². The Kier molecular flexibility index (Phi) is 11.0. The van der Waals surface area contributed by atoms with Gasteiger partial charge in [0.2, 0.25) is 5.91 Å². The minimum absolute atomic E-state index is 0. The highest BCUT2D eigenvalue weighted by molar-refractivity contribution is 14.0. The van der Waals surface area contributed by atoms with Gasteiger partial charge in [0.1, 0.15) is 5.82 Å². The Balaban J connectivity index is 0.00000364. The van der Waals surface area contributed by atoms with Crippen LogP contribution >= 0.6 is 24.0 Å². The topological polar surface area (TPSA) is 105 Å². The maximum absolute atomic E-state index is 11.5. The molecule has 1 unspecified atom stereocenters. The number of aromatic nitrogens is 1. The van der Waals surface area contributed by atoms with E-state index in [9.17, 15) is 4.79 Å². The number of halogens is 1. The molecule has 2 rings (SSSR count). The summed E-state index contributed by atoms with van der Waals surface area (Å²) in [7, 11) is 1.74. The van der Waals surface area contributed by atoms with Gasteiger partial charge in [-0.2, -0.15) is 0 Å². The molecule has 8 nitrogen and oxygen atoms in total. The first-order valence-corrected chi connectivity index (χ1v) is 9.16. The minimum atomic E-state index is -0.232. The minimum Gasteiger partial charge on any atom is -0.380 e. The van der Waals surface area contributed by atoms with Crippen LogP contribution in [-0.4, -0.2) is 56.7 Å². The highest BCUT2D eigenvalue weighted by Crippen LogP contribution is 2.24. The molecule has 1 aromatic heterocycles. The van der Waals surface area contributed by atoms with E-state index in [0.29, 0.717) is 38.8 Å². The lowest BCUT2D eigenvalue weighted by Crippen LogP contribution is -2.42. The Labute approximate surface area is 178 Å². The molecule has 0 bridgehead atoms. The van der Waals surface area contributed by atoms with Gasteiger partial charge in [0, 0.05) is 51.6 Å². The number of nitrogens with two attached hydrogens (primary N) is 1. The van der Waals surface area contributed by atoms with E-state index in [4.69, 9.17) is 10.5 Å². The van der Waals surface area contributed by atoms with Crippen molar-refractivity contribution in [3.05, 3.63) is 23.9 Å². The van der Waals surface area contributed by atoms with Crippen molar-refractivity contribution in [2.24, 2.45) is 16.6 Å². The summed E-state index contributed by atoms with van der Waals surface area (Å²) in [6, 6.07) is 3.96. The Morgan fingerprint density at radius 2 is 2.30 bits per heavy atom. The molecule has 1 aliphatic heterocycles. The first-order chi connectivity index (χ1) is 12.7. The fourth-order valence-corrected chi connectivity index (χ4v) is 3.04. The first kappa shape index (κ1) is 23.4. The van der Waals surface area contributed by atoms with E-state index >= 15 is 0 Å². The van der Waals surface area contributed by atoms with Crippen LogP contribution in [0.3, 0.4) is 0 Å². The molecule has 9 heteroatoms. The van der Waals surface area contributed by atoms with Gasteiger partial charge in [0.05, 0.1) is 12.5 Å². The van der Waals surface area contributed by atoms with Gasteiger partial charge in [0.25, 0.3) is 0 Å². The molecule has 1 aromatic rings. The van der Waals surface area contributed by atoms with Gasteiger partial charge in [-0.25, -0.2) is 4.98 Å². The standard InChI is InChI=1S/C18H30N6O2.HI/c1-3-26-11-9-22-18(20-2)23-12-14-6-4-8-21-17(14)24-10-5-7-15(13-24)16(19)25;/h4,6,8,15H,3,5,7,9-13H2,1-2H3,(H2,19,25)(H2,20,22,23);1H. The van der Waals surface area contributed by atoms with Crippen LogP contribution < -0.4 is 21.3 Å². The van der Waals surface area contributed by atoms with E-state index < -0.39 is 0 Å². The van der Waals surface area contributed by atoms with Gasteiger partial charge in [-0.05, 0) is 25.8 Å². The van der Waals surface area contributed by atoms with E-state index in [2.05, 4.69) is 25.5 Å². The van der Waals surface area contributed by atoms with E-state index in [-0.39, 0.29) is 35.8 Å². The molecule has 4 N–H and O–H groups in total. The third-order valence-corrected chi connectivity index (χ3v) is 4.40. The van der Waals surface area contributed by atoms with Crippen LogP contribution in [0.5, 0.6) is 0 Å². The zero-order chi connectivity index (χ0) is 18.8. The second-order valence-corrected chi connectivity index (χ2v) is 6.22. The zero-order valence-corrected chi connectivity index (χ0v) is 18.4. The van der Waals surface area contributed by atoms with Crippen LogP contribution in [0.2, 0.25) is 0 Å². The van der Waals surface area contributed by atoms with Crippen LogP contribution in [0.15, 0.2) is 23.3 Å². The van der Waals surface area contributed by atoms with Crippen molar-refractivity contribution in [1.82, 2.24) is 15.6 Å². The van der Waals surface area contributed by atoms with Crippen LogP contribution in [0, 0.1) is 5.92 Å². The third kappa shape index (κ3) is 7.49. The summed E-state index contributed by atoms with van der Waals surface area (Å²) in [5, 5.41) is 6.52. The molecule has 152 valence electrons. The summed E-state index contributed by atoms with van der Waals surface area (Å²) in [6.45, 7) is 6.11. The van der Waals surface area contributed by atoms with Crippen molar-refractivity contribution in [3.8, 4) is 0 Å². The number of nitrogens with zero attached hydrogens (tertiary/aromatic N) is 3. The number of carbonyl (C=O) groups excluding carboxylic acids is 1.